The number of anilines is 1. The SMILES string of the molecule is Cc1cc2ccccc2n1CC(=O)N(CC(F)(F)F)c1ccccn1. The van der Waals surface area contributed by atoms with Gasteiger partial charge in [0.25, 0.3) is 0 Å². The zero-order chi connectivity index (χ0) is 18.0. The fraction of sp³-hybridized carbons (Fsp3) is 0.222. The molecule has 2 aromatic heterocycles. The first-order valence-corrected chi connectivity index (χ1v) is 7.68. The van der Waals surface area contributed by atoms with Gasteiger partial charge in [-0.3, -0.25) is 9.69 Å². The lowest BCUT2D eigenvalue weighted by Gasteiger charge is -2.23. The molecule has 0 atom stereocenters. The second kappa shape index (κ2) is 6.58. The number of halogens is 3. The van der Waals surface area contributed by atoms with E-state index in [1.807, 2.05) is 37.3 Å². The molecule has 25 heavy (non-hydrogen) atoms. The topological polar surface area (TPSA) is 38.1 Å². The van der Waals surface area contributed by atoms with Gasteiger partial charge in [0.2, 0.25) is 5.91 Å². The molecule has 4 nitrogen and oxygen atoms in total. The number of alkyl halides is 3. The molecule has 0 aliphatic rings. The monoisotopic (exact) mass is 347 g/mol. The maximum atomic E-state index is 12.9. The summed E-state index contributed by atoms with van der Waals surface area (Å²) in [6, 6.07) is 13.9. The Hall–Kier alpha value is -2.83. The Balaban J connectivity index is 1.93. The molecule has 7 heteroatoms. The summed E-state index contributed by atoms with van der Waals surface area (Å²) in [5.74, 6) is -0.681. The van der Waals surface area contributed by atoms with Crippen molar-refractivity contribution < 1.29 is 18.0 Å². The summed E-state index contributed by atoms with van der Waals surface area (Å²) < 4.78 is 40.5. The Morgan fingerprint density at radius 1 is 1.16 bits per heavy atom. The number of pyridine rings is 1. The van der Waals surface area contributed by atoms with Crippen LogP contribution in [-0.2, 0) is 11.3 Å². The normalized spacial score (nSPS) is 11.7. The van der Waals surface area contributed by atoms with E-state index in [4.69, 9.17) is 0 Å². The van der Waals surface area contributed by atoms with Gasteiger partial charge >= 0.3 is 6.18 Å². The molecule has 0 saturated heterocycles. The molecular weight excluding hydrogens is 331 g/mol. The zero-order valence-corrected chi connectivity index (χ0v) is 13.5. The standard InChI is InChI=1S/C18H16F3N3O/c1-13-10-14-6-2-3-7-15(14)23(13)11-17(25)24(12-18(19,20)21)16-8-4-5-9-22-16/h2-10H,11-12H2,1H3. The number of aromatic nitrogens is 2. The number of aryl methyl sites for hydroxylation is 1. The van der Waals surface area contributed by atoms with Crippen molar-refractivity contribution in [3.05, 3.63) is 60.4 Å². The Morgan fingerprint density at radius 3 is 2.56 bits per heavy atom. The summed E-state index contributed by atoms with van der Waals surface area (Å²) in [6.45, 7) is 0.259. The molecule has 0 N–H and O–H groups in total. The summed E-state index contributed by atoms with van der Waals surface area (Å²) in [6.07, 6.45) is -3.15. The lowest BCUT2D eigenvalue weighted by atomic mass is 10.2. The van der Waals surface area contributed by atoms with Crippen molar-refractivity contribution in [2.75, 3.05) is 11.4 Å². The number of fused-ring (bicyclic) bond motifs is 1. The van der Waals surface area contributed by atoms with E-state index < -0.39 is 18.6 Å². The quantitative estimate of drug-likeness (QED) is 0.717. The fourth-order valence-electron chi connectivity index (χ4n) is 2.77. The molecule has 2 heterocycles. The van der Waals surface area contributed by atoms with Gasteiger partial charge in [-0.2, -0.15) is 13.2 Å². The number of rotatable bonds is 4. The minimum Gasteiger partial charge on any atom is -0.335 e. The fourth-order valence-corrected chi connectivity index (χ4v) is 2.77. The highest BCUT2D eigenvalue weighted by Gasteiger charge is 2.34. The van der Waals surface area contributed by atoms with Crippen molar-refractivity contribution >= 4 is 22.6 Å². The number of carbonyl (C=O) groups excluding carboxylic acids is 1. The average molecular weight is 347 g/mol. The predicted molar refractivity (Wildman–Crippen MR) is 89.3 cm³/mol. The van der Waals surface area contributed by atoms with Gasteiger partial charge in [-0.15, -0.1) is 0 Å². The lowest BCUT2D eigenvalue weighted by molar-refractivity contribution is -0.132. The van der Waals surface area contributed by atoms with Crippen LogP contribution in [0.15, 0.2) is 54.7 Å². The highest BCUT2D eigenvalue weighted by molar-refractivity contribution is 5.93. The Labute approximate surface area is 142 Å². The molecule has 0 spiro atoms. The number of para-hydroxylation sites is 1. The number of hydrogen-bond donors (Lipinski definition) is 0. The summed E-state index contributed by atoms with van der Waals surface area (Å²) >= 11 is 0. The number of hydrogen-bond acceptors (Lipinski definition) is 2. The van der Waals surface area contributed by atoms with Gasteiger partial charge in [0.15, 0.2) is 0 Å². The minimum atomic E-state index is -4.51. The van der Waals surface area contributed by atoms with Gasteiger partial charge in [-0.25, -0.2) is 4.98 Å². The molecule has 1 aromatic carbocycles. The molecular formula is C18H16F3N3O. The summed E-state index contributed by atoms with van der Waals surface area (Å²) in [5.41, 5.74) is 1.61. The van der Waals surface area contributed by atoms with Crippen LogP contribution in [0.5, 0.6) is 0 Å². The first-order chi connectivity index (χ1) is 11.8. The smallest absolute Gasteiger partial charge is 0.335 e. The van der Waals surface area contributed by atoms with Crippen LogP contribution in [0.25, 0.3) is 10.9 Å². The molecule has 0 unspecified atom stereocenters. The molecule has 0 bridgehead atoms. The third-order valence-electron chi connectivity index (χ3n) is 3.88. The maximum Gasteiger partial charge on any atom is 0.406 e. The zero-order valence-electron chi connectivity index (χ0n) is 13.5. The molecule has 0 fully saturated rings. The first kappa shape index (κ1) is 17.0. The van der Waals surface area contributed by atoms with Gasteiger partial charge in [0.05, 0.1) is 0 Å². The van der Waals surface area contributed by atoms with E-state index >= 15 is 0 Å². The van der Waals surface area contributed by atoms with E-state index in [9.17, 15) is 18.0 Å². The number of benzene rings is 1. The minimum absolute atomic E-state index is 0.0149. The van der Waals surface area contributed by atoms with Gasteiger partial charge in [-0.1, -0.05) is 24.3 Å². The summed E-state index contributed by atoms with van der Waals surface area (Å²) in [5, 5.41) is 0.938. The highest BCUT2D eigenvalue weighted by Crippen LogP contribution is 2.23. The molecule has 130 valence electrons. The van der Waals surface area contributed by atoms with Crippen molar-refractivity contribution in [2.24, 2.45) is 0 Å². The third kappa shape index (κ3) is 3.81. The largest absolute Gasteiger partial charge is 0.406 e. The van der Waals surface area contributed by atoms with Gasteiger partial charge in [0.1, 0.15) is 18.9 Å². The second-order valence-corrected chi connectivity index (χ2v) is 5.71. The number of carbonyl (C=O) groups is 1. The Kier molecular flexibility index (Phi) is 4.48. The van der Waals surface area contributed by atoms with Crippen LogP contribution in [0.2, 0.25) is 0 Å². The molecule has 3 aromatic rings. The van der Waals surface area contributed by atoms with Gasteiger partial charge < -0.3 is 4.57 Å². The molecule has 0 aliphatic carbocycles. The predicted octanol–water partition coefficient (Wildman–Crippen LogP) is 3.94. The van der Waals surface area contributed by atoms with Crippen LogP contribution >= 0.6 is 0 Å². The highest BCUT2D eigenvalue weighted by atomic mass is 19.4. The first-order valence-electron chi connectivity index (χ1n) is 7.68. The second-order valence-electron chi connectivity index (χ2n) is 5.71. The Morgan fingerprint density at radius 2 is 1.88 bits per heavy atom. The molecule has 1 amide bonds. The van der Waals surface area contributed by atoms with E-state index in [1.165, 1.54) is 12.3 Å². The third-order valence-corrected chi connectivity index (χ3v) is 3.88. The summed E-state index contributed by atoms with van der Waals surface area (Å²) in [7, 11) is 0. The van der Waals surface area contributed by atoms with E-state index in [-0.39, 0.29) is 12.4 Å². The van der Waals surface area contributed by atoms with E-state index in [1.54, 1.807) is 16.7 Å². The lowest BCUT2D eigenvalue weighted by Crippen LogP contribution is -2.41. The number of nitrogens with zero attached hydrogens (tertiary/aromatic N) is 3. The van der Waals surface area contributed by atoms with Gasteiger partial charge in [0, 0.05) is 17.4 Å². The number of amides is 1. The van der Waals surface area contributed by atoms with E-state index in [0.29, 0.717) is 4.90 Å². The van der Waals surface area contributed by atoms with Crippen LogP contribution in [0, 0.1) is 6.92 Å². The molecule has 0 saturated carbocycles. The Bertz CT molecular complexity index is 887. The van der Waals surface area contributed by atoms with Crippen LogP contribution < -0.4 is 4.90 Å². The van der Waals surface area contributed by atoms with Crippen LogP contribution in [-0.4, -0.2) is 28.2 Å². The van der Waals surface area contributed by atoms with Crippen molar-refractivity contribution in [2.45, 2.75) is 19.6 Å². The molecule has 0 radical (unpaired) electrons. The van der Waals surface area contributed by atoms with Crippen LogP contribution in [0.4, 0.5) is 19.0 Å². The van der Waals surface area contributed by atoms with Crippen molar-refractivity contribution in [3.63, 3.8) is 0 Å². The van der Waals surface area contributed by atoms with E-state index in [2.05, 4.69) is 4.98 Å². The average Bonchev–Trinajstić information content (AvgIpc) is 2.88. The molecule has 3 rings (SSSR count). The maximum absolute atomic E-state index is 12.9. The summed E-state index contributed by atoms with van der Waals surface area (Å²) in [4.78, 5) is 17.2. The van der Waals surface area contributed by atoms with Crippen molar-refractivity contribution in [3.8, 4) is 0 Å². The van der Waals surface area contributed by atoms with Crippen LogP contribution in [0.3, 0.4) is 0 Å². The van der Waals surface area contributed by atoms with Crippen molar-refractivity contribution in [1.82, 2.24) is 9.55 Å². The molecule has 0 aliphatic heterocycles. The van der Waals surface area contributed by atoms with Crippen molar-refractivity contribution in [1.29, 1.82) is 0 Å². The van der Waals surface area contributed by atoms with Crippen LogP contribution in [0.1, 0.15) is 5.69 Å². The van der Waals surface area contributed by atoms with E-state index in [0.717, 1.165) is 16.6 Å². The van der Waals surface area contributed by atoms with Gasteiger partial charge in [-0.05, 0) is 36.6 Å².